The Bertz CT molecular complexity index is 530. The lowest BCUT2D eigenvalue weighted by Crippen LogP contribution is -2.21. The number of methoxy groups -OCH3 is 1. The summed E-state index contributed by atoms with van der Waals surface area (Å²) < 4.78 is 10.2. The maximum absolute atomic E-state index is 9.96. The second-order valence-electron chi connectivity index (χ2n) is 3.76. The zero-order valence-electron chi connectivity index (χ0n) is 10.3. The summed E-state index contributed by atoms with van der Waals surface area (Å²) in [7, 11) is 1.37. The molecule has 0 saturated carbocycles. The minimum Gasteiger partial charge on any atom is -0.493 e. The summed E-state index contributed by atoms with van der Waals surface area (Å²) in [5, 5.41) is 2.70. The molecule has 0 spiro atoms. The highest BCUT2D eigenvalue weighted by Gasteiger charge is 2.24. The van der Waals surface area contributed by atoms with E-state index in [0.717, 1.165) is 0 Å². The fourth-order valence-electron chi connectivity index (χ4n) is 1.18. The van der Waals surface area contributed by atoms with Gasteiger partial charge in [0, 0.05) is 6.04 Å². The smallest absolute Gasteiger partial charge is 0.311 e. The van der Waals surface area contributed by atoms with E-state index in [1.165, 1.54) is 7.11 Å². The maximum Gasteiger partial charge on any atom is 0.311 e. The van der Waals surface area contributed by atoms with Crippen molar-refractivity contribution >= 4 is 53.3 Å². The normalized spacial score (nSPS) is 14.3. The molecule has 1 atom stereocenters. The van der Waals surface area contributed by atoms with Gasteiger partial charge in [-0.1, -0.05) is 34.8 Å². The summed E-state index contributed by atoms with van der Waals surface area (Å²) in [6.45, 7) is 0.338. The molecule has 1 heterocycles. The molecule has 5 nitrogen and oxygen atoms in total. The van der Waals surface area contributed by atoms with E-state index in [2.05, 4.69) is 10.1 Å². The van der Waals surface area contributed by atoms with Gasteiger partial charge in [-0.3, -0.25) is 0 Å². The molecule has 1 unspecified atom stereocenters. The van der Waals surface area contributed by atoms with Gasteiger partial charge in [-0.05, 0) is 25.7 Å². The van der Waals surface area contributed by atoms with Gasteiger partial charge in [0.2, 0.25) is 5.88 Å². The van der Waals surface area contributed by atoms with Crippen LogP contribution in [0.3, 0.4) is 0 Å². The number of aromatic nitrogens is 1. The van der Waals surface area contributed by atoms with Crippen molar-refractivity contribution < 1.29 is 14.2 Å². The van der Waals surface area contributed by atoms with Gasteiger partial charge < -0.3 is 14.2 Å². The van der Waals surface area contributed by atoms with Crippen molar-refractivity contribution in [3.8, 4) is 11.6 Å². The van der Waals surface area contributed by atoms with Crippen LogP contribution in [0.15, 0.2) is 0 Å². The summed E-state index contributed by atoms with van der Waals surface area (Å²) in [4.78, 5) is 13.8. The second kappa shape index (κ2) is 6.76. The monoisotopic (exact) mass is 364 g/mol. The highest BCUT2D eigenvalue weighted by molar-refractivity contribution is 8.08. The van der Waals surface area contributed by atoms with E-state index in [1.54, 1.807) is 0 Å². The van der Waals surface area contributed by atoms with Crippen molar-refractivity contribution in [1.29, 1.82) is 0 Å². The summed E-state index contributed by atoms with van der Waals surface area (Å²) in [5.41, 5.74) is 0. The second-order valence-corrected chi connectivity index (χ2v) is 7.84. The first-order valence-corrected chi connectivity index (χ1v) is 8.87. The van der Waals surface area contributed by atoms with Crippen molar-refractivity contribution in [3.63, 3.8) is 0 Å². The average molecular weight is 366 g/mol. The van der Waals surface area contributed by atoms with Crippen LogP contribution in [0.1, 0.15) is 13.8 Å². The molecular formula is C9H12Cl3N2O3PS. The van der Waals surface area contributed by atoms with Gasteiger partial charge in [0.25, 0.3) is 0 Å². The molecule has 0 amide bonds. The Hall–Kier alpha value is 0.190. The Labute approximate surface area is 131 Å². The molecule has 10 heteroatoms. The first kappa shape index (κ1) is 17.2. The largest absolute Gasteiger partial charge is 0.493 e. The topological polar surface area (TPSA) is 63.6 Å². The Kier molecular flexibility index (Phi) is 6.14. The molecule has 108 valence electrons. The first-order chi connectivity index (χ1) is 8.68. The van der Waals surface area contributed by atoms with Crippen LogP contribution in [0, 0.1) is 0 Å². The quantitative estimate of drug-likeness (QED) is 0.613. The molecule has 2 N–H and O–H groups in total. The lowest BCUT2D eigenvalue weighted by molar-refractivity contribution is 0.407. The zero-order valence-corrected chi connectivity index (χ0v) is 14.3. The minimum absolute atomic E-state index is 0.00858. The van der Waals surface area contributed by atoms with Crippen molar-refractivity contribution in [2.45, 2.75) is 19.9 Å². The summed E-state index contributed by atoms with van der Waals surface area (Å²) in [6.07, 6.45) is 0. The summed E-state index contributed by atoms with van der Waals surface area (Å²) in [5.74, 6) is -0.0234. The number of hydrogen-bond donors (Lipinski definition) is 2. The molecule has 0 aliphatic carbocycles. The molecule has 0 aliphatic heterocycles. The van der Waals surface area contributed by atoms with Gasteiger partial charge in [0.15, 0.2) is 10.9 Å². The highest BCUT2D eigenvalue weighted by atomic mass is 35.5. The molecule has 19 heavy (non-hydrogen) atoms. The van der Waals surface area contributed by atoms with Crippen LogP contribution >= 0.6 is 41.4 Å². The Morgan fingerprint density at radius 1 is 1.32 bits per heavy atom. The number of rotatable bonds is 5. The standard InChI is InChI=1S/C9H12Cl3N2O3PS/c1-4(2)14-18(15,19)17-9-6(11)7(16-3)5(10)8(12)13-9/h4H,1-3H3,(H2,14,15,19). The number of hydrogen-bond acceptors (Lipinski definition) is 4. The fourth-order valence-corrected chi connectivity index (χ4v) is 3.83. The van der Waals surface area contributed by atoms with E-state index in [9.17, 15) is 4.89 Å². The van der Waals surface area contributed by atoms with Crippen molar-refractivity contribution in [3.05, 3.63) is 15.2 Å². The van der Waals surface area contributed by atoms with Crippen molar-refractivity contribution in [2.75, 3.05) is 7.11 Å². The third-order valence-electron chi connectivity index (χ3n) is 1.80. The number of halogens is 3. The average Bonchev–Trinajstić information content (AvgIpc) is 2.24. The number of nitrogens with zero attached hydrogens (tertiary/aromatic N) is 1. The molecule has 0 fully saturated rings. The van der Waals surface area contributed by atoms with Crippen LogP contribution in [0.4, 0.5) is 0 Å². The van der Waals surface area contributed by atoms with Crippen molar-refractivity contribution in [2.24, 2.45) is 0 Å². The highest BCUT2D eigenvalue weighted by Crippen LogP contribution is 2.47. The van der Waals surface area contributed by atoms with E-state index in [1.807, 2.05) is 13.8 Å². The predicted molar refractivity (Wildman–Crippen MR) is 81.2 cm³/mol. The van der Waals surface area contributed by atoms with E-state index >= 15 is 0 Å². The SMILES string of the molecule is COc1c(Cl)c(Cl)nc(OP(O)(=S)NC(C)C)c1Cl. The van der Waals surface area contributed by atoms with Crippen LogP contribution in [-0.4, -0.2) is 23.0 Å². The Morgan fingerprint density at radius 3 is 2.37 bits per heavy atom. The Morgan fingerprint density at radius 2 is 1.89 bits per heavy atom. The van der Waals surface area contributed by atoms with Gasteiger partial charge in [-0.15, -0.1) is 0 Å². The molecule has 1 aromatic rings. The third kappa shape index (κ3) is 4.60. The molecule has 1 rings (SSSR count). The molecule has 0 aromatic carbocycles. The molecule has 0 saturated heterocycles. The summed E-state index contributed by atoms with van der Waals surface area (Å²) >= 11 is 22.6. The lowest BCUT2D eigenvalue weighted by atomic mass is 10.4. The van der Waals surface area contributed by atoms with E-state index in [4.69, 9.17) is 55.9 Å². The fraction of sp³-hybridized carbons (Fsp3) is 0.444. The zero-order chi connectivity index (χ0) is 14.8. The number of pyridine rings is 1. The van der Waals surface area contributed by atoms with Gasteiger partial charge in [-0.25, -0.2) is 5.09 Å². The summed E-state index contributed by atoms with van der Waals surface area (Å²) in [6, 6.07) is -0.0701. The van der Waals surface area contributed by atoms with Gasteiger partial charge >= 0.3 is 6.64 Å². The maximum atomic E-state index is 9.96. The van der Waals surface area contributed by atoms with Gasteiger partial charge in [0.1, 0.15) is 10.0 Å². The van der Waals surface area contributed by atoms with Crippen LogP contribution in [0.25, 0.3) is 0 Å². The van der Waals surface area contributed by atoms with Crippen LogP contribution in [0.2, 0.25) is 15.2 Å². The molecule has 0 bridgehead atoms. The number of nitrogens with one attached hydrogen (secondary N) is 1. The van der Waals surface area contributed by atoms with E-state index in [0.29, 0.717) is 0 Å². The molecule has 0 aliphatic rings. The van der Waals surface area contributed by atoms with Crippen LogP contribution in [-0.2, 0) is 11.8 Å². The van der Waals surface area contributed by atoms with Gasteiger partial charge in [-0.2, -0.15) is 4.98 Å². The predicted octanol–water partition coefficient (Wildman–Crippen LogP) is 3.64. The van der Waals surface area contributed by atoms with Crippen LogP contribution in [0.5, 0.6) is 11.6 Å². The van der Waals surface area contributed by atoms with Crippen LogP contribution < -0.4 is 14.3 Å². The first-order valence-electron chi connectivity index (χ1n) is 5.06. The van der Waals surface area contributed by atoms with E-state index < -0.39 is 6.64 Å². The molecular weight excluding hydrogens is 354 g/mol. The van der Waals surface area contributed by atoms with Crippen molar-refractivity contribution in [1.82, 2.24) is 10.1 Å². The minimum atomic E-state index is -3.28. The Balaban J connectivity index is 3.16. The molecule has 1 aromatic heterocycles. The molecule has 0 radical (unpaired) electrons. The van der Waals surface area contributed by atoms with E-state index in [-0.39, 0.29) is 32.9 Å². The third-order valence-corrected chi connectivity index (χ3v) is 4.66. The van der Waals surface area contributed by atoms with Gasteiger partial charge in [0.05, 0.1) is 7.11 Å². The number of ether oxygens (including phenoxy) is 1. The lowest BCUT2D eigenvalue weighted by Gasteiger charge is -2.20.